The number of para-hydroxylation sites is 1. The lowest BCUT2D eigenvalue weighted by atomic mass is 9.99. The Morgan fingerprint density at radius 2 is 1.35 bits per heavy atom. The molecular weight excluding hydrogens is 290 g/mol. The van der Waals surface area contributed by atoms with Crippen molar-refractivity contribution in [3.05, 3.63) is 30.3 Å². The predicted molar refractivity (Wildman–Crippen MR) is 90.2 cm³/mol. The highest BCUT2D eigenvalue weighted by Crippen LogP contribution is 2.18. The average molecular weight is 315 g/mol. The van der Waals surface area contributed by atoms with E-state index in [0.29, 0.717) is 19.0 Å². The number of rotatable bonds is 1. The molecule has 0 aromatic heterocycles. The second-order valence-corrected chi connectivity index (χ2v) is 6.59. The van der Waals surface area contributed by atoms with Crippen LogP contribution in [0.2, 0.25) is 0 Å². The Morgan fingerprint density at radius 3 is 1.91 bits per heavy atom. The smallest absolute Gasteiger partial charge is 0.312 e. The lowest BCUT2D eigenvalue weighted by Crippen LogP contribution is -2.54. The van der Waals surface area contributed by atoms with Gasteiger partial charge in [0.15, 0.2) is 0 Å². The Hall–Kier alpha value is -2.04. The van der Waals surface area contributed by atoms with Crippen LogP contribution in [0, 0.1) is 5.92 Å². The molecule has 1 aromatic carbocycles. The van der Waals surface area contributed by atoms with Gasteiger partial charge >= 0.3 is 11.8 Å². The van der Waals surface area contributed by atoms with Crippen molar-refractivity contribution in [2.24, 2.45) is 5.92 Å². The molecule has 2 amide bonds. The number of piperidine rings is 1. The third-order valence-electron chi connectivity index (χ3n) is 4.94. The van der Waals surface area contributed by atoms with Gasteiger partial charge in [0.2, 0.25) is 0 Å². The Kier molecular flexibility index (Phi) is 4.84. The van der Waals surface area contributed by atoms with E-state index in [1.165, 1.54) is 5.69 Å². The molecule has 3 rings (SSSR count). The highest BCUT2D eigenvalue weighted by atomic mass is 16.2. The van der Waals surface area contributed by atoms with E-state index in [4.69, 9.17) is 0 Å². The number of anilines is 1. The number of likely N-dealkylation sites (tertiary alicyclic amines) is 1. The summed E-state index contributed by atoms with van der Waals surface area (Å²) in [6, 6.07) is 10.2. The summed E-state index contributed by atoms with van der Waals surface area (Å²) in [5.41, 5.74) is 1.18. The first kappa shape index (κ1) is 15.8. The quantitative estimate of drug-likeness (QED) is 0.739. The normalized spacial score (nSPS) is 19.8. The largest absolute Gasteiger partial charge is 0.368 e. The van der Waals surface area contributed by atoms with E-state index in [2.05, 4.69) is 24.0 Å². The molecule has 2 saturated heterocycles. The molecule has 2 aliphatic heterocycles. The van der Waals surface area contributed by atoms with Gasteiger partial charge in [-0.15, -0.1) is 0 Å². The van der Waals surface area contributed by atoms with Gasteiger partial charge in [-0.25, -0.2) is 0 Å². The fraction of sp³-hybridized carbons (Fsp3) is 0.556. The van der Waals surface area contributed by atoms with E-state index in [9.17, 15) is 9.59 Å². The van der Waals surface area contributed by atoms with Gasteiger partial charge in [-0.3, -0.25) is 9.59 Å². The molecule has 2 heterocycles. The van der Waals surface area contributed by atoms with E-state index >= 15 is 0 Å². The van der Waals surface area contributed by atoms with Crippen molar-refractivity contribution >= 4 is 17.5 Å². The summed E-state index contributed by atoms with van der Waals surface area (Å²) in [6.07, 6.45) is 2.00. The van der Waals surface area contributed by atoms with Crippen LogP contribution in [0.25, 0.3) is 0 Å². The molecule has 23 heavy (non-hydrogen) atoms. The van der Waals surface area contributed by atoms with Crippen LogP contribution >= 0.6 is 0 Å². The fourth-order valence-electron chi connectivity index (χ4n) is 3.29. The molecule has 5 nitrogen and oxygen atoms in total. The first-order chi connectivity index (χ1) is 11.1. The minimum atomic E-state index is -0.327. The Bertz CT molecular complexity index is 545. The van der Waals surface area contributed by atoms with Crippen molar-refractivity contribution in [3.63, 3.8) is 0 Å². The number of amides is 2. The molecule has 0 N–H and O–H groups in total. The second kappa shape index (κ2) is 7.02. The molecule has 0 unspecified atom stereocenters. The maximum Gasteiger partial charge on any atom is 0.312 e. The van der Waals surface area contributed by atoms with Crippen LogP contribution in [0.3, 0.4) is 0 Å². The number of benzene rings is 1. The second-order valence-electron chi connectivity index (χ2n) is 6.59. The average Bonchev–Trinajstić information content (AvgIpc) is 2.62. The summed E-state index contributed by atoms with van der Waals surface area (Å²) < 4.78 is 0. The fourth-order valence-corrected chi connectivity index (χ4v) is 3.29. The van der Waals surface area contributed by atoms with Gasteiger partial charge in [-0.1, -0.05) is 25.1 Å². The van der Waals surface area contributed by atoms with E-state index in [0.717, 1.165) is 39.0 Å². The molecule has 0 radical (unpaired) electrons. The highest BCUT2D eigenvalue weighted by molar-refractivity contribution is 6.34. The van der Waals surface area contributed by atoms with E-state index in [-0.39, 0.29) is 11.8 Å². The molecule has 0 atom stereocenters. The van der Waals surface area contributed by atoms with Crippen LogP contribution in [0.1, 0.15) is 19.8 Å². The number of carbonyl (C=O) groups excluding carboxylic acids is 2. The Balaban J connectivity index is 1.53. The van der Waals surface area contributed by atoms with Crippen molar-refractivity contribution < 1.29 is 9.59 Å². The van der Waals surface area contributed by atoms with Crippen LogP contribution in [0.15, 0.2) is 30.3 Å². The molecule has 2 aliphatic rings. The molecule has 0 saturated carbocycles. The van der Waals surface area contributed by atoms with Gasteiger partial charge in [-0.05, 0) is 30.9 Å². The van der Waals surface area contributed by atoms with Crippen LogP contribution in [-0.2, 0) is 9.59 Å². The van der Waals surface area contributed by atoms with Crippen molar-refractivity contribution in [1.82, 2.24) is 9.80 Å². The van der Waals surface area contributed by atoms with E-state index in [1.54, 1.807) is 9.80 Å². The highest BCUT2D eigenvalue weighted by Gasteiger charge is 2.31. The minimum Gasteiger partial charge on any atom is -0.368 e. The first-order valence-corrected chi connectivity index (χ1v) is 8.53. The van der Waals surface area contributed by atoms with Crippen molar-refractivity contribution in [3.8, 4) is 0 Å². The number of hydrogen-bond acceptors (Lipinski definition) is 3. The molecule has 1 aromatic rings. The van der Waals surface area contributed by atoms with Crippen LogP contribution in [0.4, 0.5) is 5.69 Å². The molecule has 0 spiro atoms. The third-order valence-corrected chi connectivity index (χ3v) is 4.94. The zero-order chi connectivity index (χ0) is 16.2. The standard InChI is InChI=1S/C18H25N3O2/c1-15-7-9-20(10-8-15)17(22)18(23)21-13-11-19(12-14-21)16-5-3-2-4-6-16/h2-6,15H,7-14H2,1H3. The maximum absolute atomic E-state index is 12.4. The number of carbonyl (C=O) groups is 2. The van der Waals surface area contributed by atoms with E-state index in [1.807, 2.05) is 18.2 Å². The van der Waals surface area contributed by atoms with Crippen molar-refractivity contribution in [2.45, 2.75) is 19.8 Å². The molecule has 0 bridgehead atoms. The summed E-state index contributed by atoms with van der Waals surface area (Å²) >= 11 is 0. The molecule has 124 valence electrons. The monoisotopic (exact) mass is 315 g/mol. The minimum absolute atomic E-state index is 0.315. The summed E-state index contributed by atoms with van der Waals surface area (Å²) in [5, 5.41) is 0. The van der Waals surface area contributed by atoms with Crippen molar-refractivity contribution in [1.29, 1.82) is 0 Å². The number of nitrogens with zero attached hydrogens (tertiary/aromatic N) is 3. The predicted octanol–water partition coefficient (Wildman–Crippen LogP) is 1.59. The Labute approximate surface area is 137 Å². The summed E-state index contributed by atoms with van der Waals surface area (Å²) in [4.78, 5) is 30.5. The first-order valence-electron chi connectivity index (χ1n) is 8.53. The SMILES string of the molecule is CC1CCN(C(=O)C(=O)N2CCN(c3ccccc3)CC2)CC1. The van der Waals surface area contributed by atoms with Gasteiger partial charge < -0.3 is 14.7 Å². The van der Waals surface area contributed by atoms with Gasteiger partial charge in [-0.2, -0.15) is 0 Å². The summed E-state index contributed by atoms with van der Waals surface area (Å²) in [7, 11) is 0. The third kappa shape index (κ3) is 3.66. The van der Waals surface area contributed by atoms with E-state index < -0.39 is 0 Å². The molecule has 0 aliphatic carbocycles. The van der Waals surface area contributed by atoms with Crippen LogP contribution < -0.4 is 4.90 Å². The molecular formula is C18H25N3O2. The van der Waals surface area contributed by atoms with Gasteiger partial charge in [0.25, 0.3) is 0 Å². The van der Waals surface area contributed by atoms with Gasteiger partial charge in [0.05, 0.1) is 0 Å². The van der Waals surface area contributed by atoms with Gasteiger partial charge in [0.1, 0.15) is 0 Å². The molecule has 5 heteroatoms. The lowest BCUT2D eigenvalue weighted by molar-refractivity contribution is -0.152. The number of piperazine rings is 1. The maximum atomic E-state index is 12.4. The Morgan fingerprint density at radius 1 is 0.826 bits per heavy atom. The van der Waals surface area contributed by atoms with Gasteiger partial charge in [0, 0.05) is 45.0 Å². The summed E-state index contributed by atoms with van der Waals surface area (Å²) in [5.74, 6) is 0.0147. The van der Waals surface area contributed by atoms with Crippen molar-refractivity contribution in [2.75, 3.05) is 44.2 Å². The van der Waals surface area contributed by atoms with Crippen LogP contribution in [0.5, 0.6) is 0 Å². The topological polar surface area (TPSA) is 43.9 Å². The van der Waals surface area contributed by atoms with Crippen LogP contribution in [-0.4, -0.2) is 60.9 Å². The number of hydrogen-bond donors (Lipinski definition) is 0. The zero-order valence-electron chi connectivity index (χ0n) is 13.8. The zero-order valence-corrected chi connectivity index (χ0v) is 13.8. The molecule has 2 fully saturated rings. The summed E-state index contributed by atoms with van der Waals surface area (Å²) in [6.45, 7) is 6.42. The lowest BCUT2D eigenvalue weighted by Gasteiger charge is -2.37.